The third-order valence-corrected chi connectivity index (χ3v) is 6.94. The molecule has 196 valence electrons. The van der Waals surface area contributed by atoms with E-state index in [0.29, 0.717) is 17.9 Å². The summed E-state index contributed by atoms with van der Waals surface area (Å²) in [6.45, 7) is 18.7. The molecule has 3 rings (SSSR count). The van der Waals surface area contributed by atoms with E-state index in [1.165, 1.54) is 12.1 Å². The number of carbonyl (C=O) groups excluding carboxylic acids is 2. The lowest BCUT2D eigenvalue weighted by atomic mass is 9.78. The SMILES string of the molecule is C[C@@H]1CN(C(=O)COc2c(C(C)(C)C)cc(C=O)cc2C(C)(C)C)[C@@H](C)CN1Cc1ccc(F)cc1. The molecule has 0 spiro atoms. The van der Waals surface area contributed by atoms with E-state index in [1.54, 1.807) is 0 Å². The normalized spacial score (nSPS) is 19.3. The van der Waals surface area contributed by atoms with E-state index >= 15 is 0 Å². The molecule has 1 aliphatic rings. The molecule has 6 heteroatoms. The molecule has 1 amide bonds. The lowest BCUT2D eigenvalue weighted by Gasteiger charge is -2.44. The van der Waals surface area contributed by atoms with Gasteiger partial charge in [0, 0.05) is 48.4 Å². The van der Waals surface area contributed by atoms with Gasteiger partial charge in [0.2, 0.25) is 0 Å². The van der Waals surface area contributed by atoms with Gasteiger partial charge in [-0.15, -0.1) is 0 Å². The fourth-order valence-corrected chi connectivity index (χ4v) is 4.80. The number of rotatable bonds is 6. The summed E-state index contributed by atoms with van der Waals surface area (Å²) >= 11 is 0. The van der Waals surface area contributed by atoms with Crippen molar-refractivity contribution in [3.8, 4) is 5.75 Å². The van der Waals surface area contributed by atoms with Crippen LogP contribution in [0.25, 0.3) is 0 Å². The standard InChI is InChI=1S/C30H41FN2O3/c1-20-16-33(21(2)15-32(20)17-22-9-11-24(31)12-10-22)27(35)19-36-28-25(29(3,4)5)13-23(18-34)14-26(28)30(6,7)8/h9-14,18,20-21H,15-17,19H2,1-8H3/t20-,21+/m1/s1. The van der Waals surface area contributed by atoms with Crippen LogP contribution in [0.5, 0.6) is 5.75 Å². The Labute approximate surface area is 215 Å². The molecule has 1 heterocycles. The predicted molar refractivity (Wildman–Crippen MR) is 142 cm³/mol. The van der Waals surface area contributed by atoms with Crippen molar-refractivity contribution in [2.24, 2.45) is 0 Å². The highest BCUT2D eigenvalue weighted by Gasteiger charge is 2.33. The van der Waals surface area contributed by atoms with Crippen LogP contribution in [0.1, 0.15) is 82.4 Å². The summed E-state index contributed by atoms with van der Waals surface area (Å²) < 4.78 is 19.6. The number of hydrogen-bond acceptors (Lipinski definition) is 4. The molecule has 0 aromatic heterocycles. The van der Waals surface area contributed by atoms with Crippen molar-refractivity contribution in [1.82, 2.24) is 9.80 Å². The second-order valence-corrected chi connectivity index (χ2v) is 12.2. The van der Waals surface area contributed by atoms with Crippen LogP contribution < -0.4 is 4.74 Å². The van der Waals surface area contributed by atoms with Crippen LogP contribution in [0, 0.1) is 5.82 Å². The van der Waals surface area contributed by atoms with Crippen LogP contribution in [0.4, 0.5) is 4.39 Å². The summed E-state index contributed by atoms with van der Waals surface area (Å²) in [5.74, 6) is 0.417. The summed E-state index contributed by atoms with van der Waals surface area (Å²) in [6.07, 6.45) is 0.869. The van der Waals surface area contributed by atoms with E-state index in [-0.39, 0.29) is 41.2 Å². The molecule has 1 saturated heterocycles. The quantitative estimate of drug-likeness (QED) is 0.479. The van der Waals surface area contributed by atoms with Crippen LogP contribution in [-0.4, -0.2) is 53.8 Å². The Morgan fingerprint density at radius 2 is 1.53 bits per heavy atom. The third kappa shape index (κ3) is 6.52. The van der Waals surface area contributed by atoms with Gasteiger partial charge in [-0.05, 0) is 54.5 Å². The number of ether oxygens (including phenoxy) is 1. The van der Waals surface area contributed by atoms with Crippen LogP contribution in [0.15, 0.2) is 36.4 Å². The number of halogens is 1. The average molecular weight is 497 g/mol. The minimum atomic E-state index is -0.259. The van der Waals surface area contributed by atoms with Gasteiger partial charge in [0.05, 0.1) is 0 Å². The smallest absolute Gasteiger partial charge is 0.260 e. The number of benzene rings is 2. The number of carbonyl (C=O) groups is 2. The van der Waals surface area contributed by atoms with Gasteiger partial charge in [-0.1, -0.05) is 53.7 Å². The number of hydrogen-bond donors (Lipinski definition) is 0. The summed E-state index contributed by atoms with van der Waals surface area (Å²) in [7, 11) is 0. The van der Waals surface area contributed by atoms with Gasteiger partial charge in [-0.25, -0.2) is 4.39 Å². The van der Waals surface area contributed by atoms with Crippen LogP contribution in [0.3, 0.4) is 0 Å². The topological polar surface area (TPSA) is 49.9 Å². The van der Waals surface area contributed by atoms with Crippen molar-refractivity contribution < 1.29 is 18.7 Å². The number of aldehydes is 1. The van der Waals surface area contributed by atoms with Crippen molar-refractivity contribution in [3.05, 3.63) is 64.5 Å². The molecule has 36 heavy (non-hydrogen) atoms. The van der Waals surface area contributed by atoms with Crippen molar-refractivity contribution in [1.29, 1.82) is 0 Å². The largest absolute Gasteiger partial charge is 0.483 e. The molecular weight excluding hydrogens is 455 g/mol. The Morgan fingerprint density at radius 3 is 2.03 bits per heavy atom. The maximum atomic E-state index is 13.4. The van der Waals surface area contributed by atoms with E-state index in [1.807, 2.05) is 29.2 Å². The molecule has 1 aliphatic heterocycles. The molecule has 0 saturated carbocycles. The first kappa shape index (κ1) is 27.9. The van der Waals surface area contributed by atoms with Gasteiger partial charge in [0.1, 0.15) is 17.9 Å². The highest BCUT2D eigenvalue weighted by molar-refractivity contribution is 5.79. The first-order chi connectivity index (χ1) is 16.7. The highest BCUT2D eigenvalue weighted by Crippen LogP contribution is 2.40. The molecule has 0 aliphatic carbocycles. The van der Waals surface area contributed by atoms with E-state index in [2.05, 4.69) is 60.3 Å². The lowest BCUT2D eigenvalue weighted by Crippen LogP contribution is -2.58. The van der Waals surface area contributed by atoms with Crippen molar-refractivity contribution in [3.63, 3.8) is 0 Å². The van der Waals surface area contributed by atoms with Crippen LogP contribution in [0.2, 0.25) is 0 Å². The van der Waals surface area contributed by atoms with Gasteiger partial charge >= 0.3 is 0 Å². The zero-order chi connectivity index (χ0) is 26.8. The van der Waals surface area contributed by atoms with Gasteiger partial charge in [-0.3, -0.25) is 14.5 Å². The molecule has 2 aromatic rings. The second-order valence-electron chi connectivity index (χ2n) is 12.2. The summed E-state index contributed by atoms with van der Waals surface area (Å²) in [6, 6.07) is 10.5. The molecule has 5 nitrogen and oxygen atoms in total. The second kappa shape index (κ2) is 10.7. The zero-order valence-corrected chi connectivity index (χ0v) is 23.0. The van der Waals surface area contributed by atoms with Crippen molar-refractivity contribution >= 4 is 12.2 Å². The Hall–Kier alpha value is -2.73. The van der Waals surface area contributed by atoms with Crippen LogP contribution >= 0.6 is 0 Å². The number of piperazine rings is 1. The molecule has 2 aromatic carbocycles. The van der Waals surface area contributed by atoms with E-state index in [9.17, 15) is 14.0 Å². The molecule has 1 fully saturated rings. The number of amides is 1. The monoisotopic (exact) mass is 496 g/mol. The van der Waals surface area contributed by atoms with Gasteiger partial charge in [-0.2, -0.15) is 0 Å². The first-order valence-electron chi connectivity index (χ1n) is 12.8. The fraction of sp³-hybridized carbons (Fsp3) is 0.533. The Kier molecular flexibility index (Phi) is 8.29. The van der Waals surface area contributed by atoms with Crippen molar-refractivity contribution in [2.75, 3.05) is 19.7 Å². The molecular formula is C30H41FN2O3. The minimum Gasteiger partial charge on any atom is -0.483 e. The van der Waals surface area contributed by atoms with Crippen LogP contribution in [-0.2, 0) is 22.2 Å². The highest BCUT2D eigenvalue weighted by atomic mass is 19.1. The maximum Gasteiger partial charge on any atom is 0.260 e. The molecule has 0 N–H and O–H groups in total. The molecule has 0 unspecified atom stereocenters. The Balaban J connectivity index is 1.76. The number of nitrogens with zero attached hydrogens (tertiary/aromatic N) is 2. The maximum absolute atomic E-state index is 13.4. The minimum absolute atomic E-state index is 0.0272. The van der Waals surface area contributed by atoms with E-state index in [0.717, 1.165) is 36.1 Å². The lowest BCUT2D eigenvalue weighted by molar-refractivity contribution is -0.139. The zero-order valence-electron chi connectivity index (χ0n) is 23.0. The fourth-order valence-electron chi connectivity index (χ4n) is 4.80. The first-order valence-corrected chi connectivity index (χ1v) is 12.8. The Bertz CT molecular complexity index is 1050. The average Bonchev–Trinajstić information content (AvgIpc) is 2.79. The van der Waals surface area contributed by atoms with Gasteiger partial charge < -0.3 is 9.64 Å². The molecule has 2 atom stereocenters. The summed E-state index contributed by atoms with van der Waals surface area (Å²) in [4.78, 5) is 29.2. The van der Waals surface area contributed by atoms with E-state index in [4.69, 9.17) is 4.74 Å². The van der Waals surface area contributed by atoms with Gasteiger partial charge in [0.15, 0.2) is 6.61 Å². The van der Waals surface area contributed by atoms with E-state index < -0.39 is 0 Å². The molecule has 0 radical (unpaired) electrons. The predicted octanol–water partition coefficient (Wildman–Crippen LogP) is 5.73. The summed E-state index contributed by atoms with van der Waals surface area (Å²) in [5.41, 5.74) is 3.01. The van der Waals surface area contributed by atoms with Gasteiger partial charge in [0.25, 0.3) is 5.91 Å². The van der Waals surface area contributed by atoms with Crippen molar-refractivity contribution in [2.45, 2.75) is 84.8 Å². The third-order valence-electron chi connectivity index (χ3n) is 6.94. The molecule has 0 bridgehead atoms. The Morgan fingerprint density at radius 1 is 0.972 bits per heavy atom. The summed E-state index contributed by atoms with van der Waals surface area (Å²) in [5, 5.41) is 0.